The van der Waals surface area contributed by atoms with Crippen molar-refractivity contribution in [2.45, 2.75) is 13.3 Å². The predicted octanol–water partition coefficient (Wildman–Crippen LogP) is -0.181. The van der Waals surface area contributed by atoms with Crippen LogP contribution in [0.25, 0.3) is 0 Å². The van der Waals surface area contributed by atoms with Crippen molar-refractivity contribution in [1.29, 1.82) is 0 Å². The molecule has 0 aromatic carbocycles. The zero-order valence-corrected chi connectivity index (χ0v) is 13.4. The van der Waals surface area contributed by atoms with E-state index in [1.54, 1.807) is 11.3 Å². The molecular weight excluding hydrogens is 296 g/mol. The van der Waals surface area contributed by atoms with Crippen LogP contribution in [0.4, 0.5) is 0 Å². The average Bonchev–Trinajstić information content (AvgIpc) is 2.83. The van der Waals surface area contributed by atoms with Crippen LogP contribution in [0, 0.1) is 6.92 Å². The standard InChI is InChI=1S/C12H22N4O2S2/c1-11-10-19-12(15-11)2-3-14-20(17,18)9-8-16-6-4-13-5-7-16/h10,13-14H,2-9H2,1H3. The lowest BCUT2D eigenvalue weighted by Crippen LogP contribution is -2.46. The molecule has 2 rings (SSSR count). The van der Waals surface area contributed by atoms with Crippen LogP contribution in [0.3, 0.4) is 0 Å². The van der Waals surface area contributed by atoms with E-state index < -0.39 is 10.0 Å². The van der Waals surface area contributed by atoms with Crippen molar-refractivity contribution in [2.75, 3.05) is 45.0 Å². The molecule has 114 valence electrons. The molecule has 0 aliphatic carbocycles. The number of nitrogens with zero attached hydrogens (tertiary/aromatic N) is 2. The van der Waals surface area contributed by atoms with Gasteiger partial charge in [-0.3, -0.25) is 4.90 Å². The molecule has 0 bridgehead atoms. The first kappa shape index (κ1) is 15.8. The second-order valence-corrected chi connectivity index (χ2v) is 7.81. The molecule has 0 atom stereocenters. The minimum atomic E-state index is -3.18. The Morgan fingerprint density at radius 1 is 1.45 bits per heavy atom. The molecule has 8 heteroatoms. The van der Waals surface area contributed by atoms with Gasteiger partial charge in [-0.05, 0) is 6.92 Å². The van der Waals surface area contributed by atoms with E-state index in [0.29, 0.717) is 19.5 Å². The number of piperazine rings is 1. The third kappa shape index (κ3) is 5.45. The summed E-state index contributed by atoms with van der Waals surface area (Å²) >= 11 is 1.58. The number of aryl methyl sites for hydroxylation is 1. The lowest BCUT2D eigenvalue weighted by molar-refractivity contribution is 0.253. The molecule has 1 fully saturated rings. The highest BCUT2D eigenvalue weighted by atomic mass is 32.2. The van der Waals surface area contributed by atoms with Crippen LogP contribution in [-0.4, -0.2) is 63.3 Å². The van der Waals surface area contributed by atoms with Crippen LogP contribution in [0.1, 0.15) is 10.7 Å². The van der Waals surface area contributed by atoms with Gasteiger partial charge in [0.05, 0.1) is 10.8 Å². The average molecular weight is 318 g/mol. The third-order valence-electron chi connectivity index (χ3n) is 3.21. The van der Waals surface area contributed by atoms with Gasteiger partial charge in [0.15, 0.2) is 0 Å². The summed E-state index contributed by atoms with van der Waals surface area (Å²) in [5, 5.41) is 6.21. The minimum Gasteiger partial charge on any atom is -0.314 e. The first-order chi connectivity index (χ1) is 9.55. The fourth-order valence-electron chi connectivity index (χ4n) is 2.09. The molecule has 1 aromatic rings. The van der Waals surface area contributed by atoms with Gasteiger partial charge in [-0.1, -0.05) is 0 Å². The van der Waals surface area contributed by atoms with Gasteiger partial charge in [-0.15, -0.1) is 11.3 Å². The molecule has 0 saturated carbocycles. The normalized spacial score (nSPS) is 17.4. The van der Waals surface area contributed by atoms with Crippen LogP contribution < -0.4 is 10.0 Å². The number of nitrogens with one attached hydrogen (secondary N) is 2. The minimum absolute atomic E-state index is 0.171. The molecule has 20 heavy (non-hydrogen) atoms. The summed E-state index contributed by atoms with van der Waals surface area (Å²) in [4.78, 5) is 6.50. The van der Waals surface area contributed by atoms with Crippen LogP contribution in [0.2, 0.25) is 0 Å². The Morgan fingerprint density at radius 3 is 2.85 bits per heavy atom. The van der Waals surface area contributed by atoms with Gasteiger partial charge >= 0.3 is 0 Å². The summed E-state index contributed by atoms with van der Waals surface area (Å²) in [5.74, 6) is 0.171. The van der Waals surface area contributed by atoms with E-state index in [0.717, 1.165) is 36.9 Å². The second-order valence-electron chi connectivity index (χ2n) is 4.94. The van der Waals surface area contributed by atoms with Gasteiger partial charge < -0.3 is 5.32 Å². The molecule has 2 heterocycles. The molecule has 1 aliphatic rings. The van der Waals surface area contributed by atoms with Crippen molar-refractivity contribution in [3.63, 3.8) is 0 Å². The number of aromatic nitrogens is 1. The molecule has 6 nitrogen and oxygen atoms in total. The first-order valence-corrected chi connectivity index (χ1v) is 9.40. The van der Waals surface area contributed by atoms with E-state index in [1.807, 2.05) is 12.3 Å². The quantitative estimate of drug-likeness (QED) is 0.729. The lowest BCUT2D eigenvalue weighted by Gasteiger charge is -2.26. The van der Waals surface area contributed by atoms with Gasteiger partial charge in [-0.25, -0.2) is 18.1 Å². The highest BCUT2D eigenvalue weighted by Gasteiger charge is 2.15. The molecule has 2 N–H and O–H groups in total. The monoisotopic (exact) mass is 318 g/mol. The molecule has 0 unspecified atom stereocenters. The summed E-state index contributed by atoms with van der Waals surface area (Å²) in [6.45, 7) is 6.71. The highest BCUT2D eigenvalue weighted by Crippen LogP contribution is 2.08. The highest BCUT2D eigenvalue weighted by molar-refractivity contribution is 7.89. The van der Waals surface area contributed by atoms with E-state index in [2.05, 4.69) is 19.9 Å². The smallest absolute Gasteiger partial charge is 0.212 e. The van der Waals surface area contributed by atoms with Crippen molar-refractivity contribution in [3.05, 3.63) is 16.1 Å². The predicted molar refractivity (Wildman–Crippen MR) is 81.7 cm³/mol. The Balaban J connectivity index is 1.67. The Labute approximate surface area is 124 Å². The Kier molecular flexibility index (Phi) is 5.91. The van der Waals surface area contributed by atoms with E-state index in [1.165, 1.54) is 0 Å². The van der Waals surface area contributed by atoms with Crippen LogP contribution in [0.5, 0.6) is 0 Å². The van der Waals surface area contributed by atoms with E-state index in [-0.39, 0.29) is 5.75 Å². The zero-order valence-electron chi connectivity index (χ0n) is 11.8. The number of thiazole rings is 1. The Morgan fingerprint density at radius 2 is 2.20 bits per heavy atom. The first-order valence-electron chi connectivity index (χ1n) is 6.86. The summed E-state index contributed by atoms with van der Waals surface area (Å²) in [7, 11) is -3.18. The topological polar surface area (TPSA) is 74.3 Å². The fraction of sp³-hybridized carbons (Fsp3) is 0.750. The van der Waals surface area contributed by atoms with Crippen LogP contribution in [0.15, 0.2) is 5.38 Å². The van der Waals surface area contributed by atoms with Gasteiger partial charge in [0.1, 0.15) is 0 Å². The molecule has 0 spiro atoms. The lowest BCUT2D eigenvalue weighted by atomic mass is 10.4. The van der Waals surface area contributed by atoms with Crippen molar-refractivity contribution in [1.82, 2.24) is 19.9 Å². The summed E-state index contributed by atoms with van der Waals surface area (Å²) in [6.07, 6.45) is 0.658. The number of rotatable bonds is 7. The van der Waals surface area contributed by atoms with E-state index >= 15 is 0 Å². The molecule has 1 aliphatic heterocycles. The zero-order chi connectivity index (χ0) is 14.4. The number of hydrogen-bond acceptors (Lipinski definition) is 6. The summed E-state index contributed by atoms with van der Waals surface area (Å²) < 4.78 is 26.4. The van der Waals surface area contributed by atoms with Crippen molar-refractivity contribution < 1.29 is 8.42 Å². The van der Waals surface area contributed by atoms with Gasteiger partial charge in [0, 0.05) is 56.8 Å². The van der Waals surface area contributed by atoms with E-state index in [9.17, 15) is 8.42 Å². The SMILES string of the molecule is Cc1csc(CCNS(=O)(=O)CCN2CCNCC2)n1. The van der Waals surface area contributed by atoms with Gasteiger partial charge in [0.2, 0.25) is 10.0 Å². The molecule has 1 saturated heterocycles. The molecule has 1 aromatic heterocycles. The second kappa shape index (κ2) is 7.46. The van der Waals surface area contributed by atoms with Crippen molar-refractivity contribution in [2.24, 2.45) is 0 Å². The van der Waals surface area contributed by atoms with Crippen molar-refractivity contribution in [3.8, 4) is 0 Å². The van der Waals surface area contributed by atoms with Gasteiger partial charge in [-0.2, -0.15) is 0 Å². The molecule has 0 radical (unpaired) electrons. The molecular formula is C12H22N4O2S2. The fourth-order valence-corrected chi connectivity index (χ4v) is 3.92. The van der Waals surface area contributed by atoms with E-state index in [4.69, 9.17) is 0 Å². The number of sulfonamides is 1. The maximum absolute atomic E-state index is 11.9. The largest absolute Gasteiger partial charge is 0.314 e. The van der Waals surface area contributed by atoms with Crippen LogP contribution >= 0.6 is 11.3 Å². The third-order valence-corrected chi connectivity index (χ3v) is 5.60. The van der Waals surface area contributed by atoms with Crippen molar-refractivity contribution >= 4 is 21.4 Å². The van der Waals surface area contributed by atoms with Gasteiger partial charge in [0.25, 0.3) is 0 Å². The maximum Gasteiger partial charge on any atom is 0.212 e. The number of hydrogen-bond donors (Lipinski definition) is 2. The Bertz CT molecular complexity index is 509. The summed E-state index contributed by atoms with van der Waals surface area (Å²) in [6, 6.07) is 0. The van der Waals surface area contributed by atoms with Crippen LogP contribution in [-0.2, 0) is 16.4 Å². The maximum atomic E-state index is 11.9. The summed E-state index contributed by atoms with van der Waals surface area (Å²) in [5.41, 5.74) is 0.992. The Hall–Kier alpha value is -0.540. The molecule has 0 amide bonds.